The van der Waals surface area contributed by atoms with Crippen LogP contribution in [0.1, 0.15) is 25.7 Å². The van der Waals surface area contributed by atoms with Crippen molar-refractivity contribution >= 4 is 22.5 Å². The molecular formula is C17H19N3O3S. The molecule has 2 aliphatic rings. The Morgan fingerprint density at radius 1 is 1.17 bits per heavy atom. The molecule has 4 rings (SSSR count). The minimum Gasteiger partial charge on any atom is -0.486 e. The summed E-state index contributed by atoms with van der Waals surface area (Å²) < 4.78 is 11.1. The first-order chi connectivity index (χ1) is 11.8. The molecular weight excluding hydrogens is 326 g/mol. The second kappa shape index (κ2) is 6.68. The average Bonchev–Trinajstić information content (AvgIpc) is 3.26. The van der Waals surface area contributed by atoms with Crippen LogP contribution in [-0.4, -0.2) is 30.3 Å². The number of hydrogen-bond donors (Lipinski definition) is 2. The second-order valence-corrected chi connectivity index (χ2v) is 6.83. The van der Waals surface area contributed by atoms with Crippen LogP contribution >= 0.6 is 11.3 Å². The zero-order valence-corrected chi connectivity index (χ0v) is 14.0. The van der Waals surface area contributed by atoms with Crippen LogP contribution in [0, 0.1) is 0 Å². The van der Waals surface area contributed by atoms with E-state index in [4.69, 9.17) is 9.47 Å². The molecule has 126 valence electrons. The Morgan fingerprint density at radius 2 is 1.96 bits per heavy atom. The number of rotatable bonds is 3. The van der Waals surface area contributed by atoms with Crippen LogP contribution in [0.15, 0.2) is 23.6 Å². The number of hydrogen-bond acceptors (Lipinski definition) is 5. The fourth-order valence-corrected chi connectivity index (χ4v) is 3.77. The average molecular weight is 345 g/mol. The molecule has 0 atom stereocenters. The van der Waals surface area contributed by atoms with Crippen molar-refractivity contribution in [2.75, 3.05) is 18.5 Å². The summed E-state index contributed by atoms with van der Waals surface area (Å²) in [5, 5.41) is 8.34. The number of nitrogens with one attached hydrogen (secondary N) is 2. The van der Waals surface area contributed by atoms with E-state index in [1.165, 1.54) is 24.2 Å². The summed E-state index contributed by atoms with van der Waals surface area (Å²) in [6.45, 7) is 1.13. The second-order valence-electron chi connectivity index (χ2n) is 5.98. The van der Waals surface area contributed by atoms with E-state index in [1.807, 2.05) is 23.6 Å². The van der Waals surface area contributed by atoms with Gasteiger partial charge in [-0.3, -0.25) is 5.32 Å². The first-order valence-corrected chi connectivity index (χ1v) is 9.09. The van der Waals surface area contributed by atoms with E-state index in [9.17, 15) is 4.79 Å². The number of thiazole rings is 1. The van der Waals surface area contributed by atoms with Gasteiger partial charge >= 0.3 is 6.03 Å². The van der Waals surface area contributed by atoms with Gasteiger partial charge in [0.15, 0.2) is 16.6 Å². The zero-order chi connectivity index (χ0) is 16.4. The molecule has 0 radical (unpaired) electrons. The molecule has 0 bridgehead atoms. The van der Waals surface area contributed by atoms with Crippen molar-refractivity contribution in [2.24, 2.45) is 0 Å². The Morgan fingerprint density at radius 3 is 2.79 bits per heavy atom. The van der Waals surface area contributed by atoms with E-state index in [-0.39, 0.29) is 6.03 Å². The van der Waals surface area contributed by atoms with Crippen LogP contribution in [0.25, 0.3) is 11.3 Å². The van der Waals surface area contributed by atoms with E-state index in [0.29, 0.717) is 24.4 Å². The molecule has 2 aromatic rings. The van der Waals surface area contributed by atoms with Gasteiger partial charge in [0.25, 0.3) is 0 Å². The monoisotopic (exact) mass is 345 g/mol. The number of aromatic nitrogens is 1. The summed E-state index contributed by atoms with van der Waals surface area (Å²) >= 11 is 1.41. The Labute approximate surface area is 144 Å². The first kappa shape index (κ1) is 15.3. The van der Waals surface area contributed by atoms with Gasteiger partial charge in [-0.2, -0.15) is 0 Å². The number of benzene rings is 1. The zero-order valence-electron chi connectivity index (χ0n) is 13.2. The van der Waals surface area contributed by atoms with Crippen molar-refractivity contribution in [3.63, 3.8) is 0 Å². The highest BCUT2D eigenvalue weighted by Crippen LogP contribution is 2.35. The van der Waals surface area contributed by atoms with Gasteiger partial charge < -0.3 is 14.8 Å². The molecule has 24 heavy (non-hydrogen) atoms. The lowest BCUT2D eigenvalue weighted by Gasteiger charge is -2.18. The SMILES string of the molecule is O=C(Nc1nc(-c2ccc3c(c2)OCCO3)cs1)NC1CCCC1. The third-order valence-electron chi connectivity index (χ3n) is 4.25. The van der Waals surface area contributed by atoms with Gasteiger partial charge in [0, 0.05) is 17.0 Å². The standard InChI is InChI=1S/C17H19N3O3S/c21-16(18-12-3-1-2-4-12)20-17-19-13(10-24-17)11-5-6-14-15(9-11)23-8-7-22-14/h5-6,9-10,12H,1-4,7-8H2,(H2,18,19,20,21). The lowest BCUT2D eigenvalue weighted by atomic mass is 10.1. The molecule has 0 unspecified atom stereocenters. The summed E-state index contributed by atoms with van der Waals surface area (Å²) in [6, 6.07) is 5.88. The molecule has 2 heterocycles. The molecule has 2 N–H and O–H groups in total. The highest BCUT2D eigenvalue weighted by atomic mass is 32.1. The van der Waals surface area contributed by atoms with E-state index in [1.54, 1.807) is 0 Å². The molecule has 1 aliphatic carbocycles. The molecule has 1 aromatic carbocycles. The van der Waals surface area contributed by atoms with E-state index in [0.717, 1.165) is 35.6 Å². The largest absolute Gasteiger partial charge is 0.486 e. The van der Waals surface area contributed by atoms with Crippen molar-refractivity contribution in [2.45, 2.75) is 31.7 Å². The summed E-state index contributed by atoms with van der Waals surface area (Å²) in [6.07, 6.45) is 4.51. The number of anilines is 1. The molecule has 6 nitrogen and oxygen atoms in total. The molecule has 7 heteroatoms. The normalized spacial score (nSPS) is 16.8. The van der Waals surface area contributed by atoms with Crippen LogP contribution in [0.5, 0.6) is 11.5 Å². The molecule has 1 aromatic heterocycles. The number of fused-ring (bicyclic) bond motifs is 1. The van der Waals surface area contributed by atoms with Crippen LogP contribution in [0.2, 0.25) is 0 Å². The van der Waals surface area contributed by atoms with Crippen LogP contribution < -0.4 is 20.1 Å². The van der Waals surface area contributed by atoms with E-state index >= 15 is 0 Å². The van der Waals surface area contributed by atoms with Gasteiger partial charge in [0.05, 0.1) is 5.69 Å². The quantitative estimate of drug-likeness (QED) is 0.891. The van der Waals surface area contributed by atoms with Crippen molar-refractivity contribution in [3.05, 3.63) is 23.6 Å². The molecule has 2 amide bonds. The lowest BCUT2D eigenvalue weighted by Crippen LogP contribution is -2.36. The Hall–Kier alpha value is -2.28. The summed E-state index contributed by atoms with van der Waals surface area (Å²) in [5.74, 6) is 1.50. The van der Waals surface area contributed by atoms with Crippen molar-refractivity contribution in [1.82, 2.24) is 10.3 Å². The molecule has 0 spiro atoms. The fourth-order valence-electron chi connectivity index (χ4n) is 3.06. The summed E-state index contributed by atoms with van der Waals surface area (Å²) in [7, 11) is 0. The molecule has 1 aliphatic heterocycles. The Bertz CT molecular complexity index is 740. The van der Waals surface area contributed by atoms with Crippen LogP contribution in [-0.2, 0) is 0 Å². The Balaban J connectivity index is 1.43. The topological polar surface area (TPSA) is 72.5 Å². The number of carbonyl (C=O) groups excluding carboxylic acids is 1. The van der Waals surface area contributed by atoms with Gasteiger partial charge in [-0.25, -0.2) is 9.78 Å². The highest BCUT2D eigenvalue weighted by Gasteiger charge is 2.18. The van der Waals surface area contributed by atoms with E-state index in [2.05, 4.69) is 15.6 Å². The molecule has 1 fully saturated rings. The van der Waals surface area contributed by atoms with Gasteiger partial charge in [0.1, 0.15) is 13.2 Å². The number of nitrogens with zero attached hydrogens (tertiary/aromatic N) is 1. The predicted octanol–water partition coefficient (Wildman–Crippen LogP) is 3.65. The van der Waals surface area contributed by atoms with Gasteiger partial charge in [-0.15, -0.1) is 11.3 Å². The third-order valence-corrected chi connectivity index (χ3v) is 5.01. The number of carbonyl (C=O) groups is 1. The maximum absolute atomic E-state index is 12.0. The molecule has 1 saturated carbocycles. The third kappa shape index (κ3) is 3.31. The van der Waals surface area contributed by atoms with Gasteiger partial charge in [0.2, 0.25) is 0 Å². The van der Waals surface area contributed by atoms with Gasteiger partial charge in [-0.1, -0.05) is 12.8 Å². The summed E-state index contributed by atoms with van der Waals surface area (Å²) in [4.78, 5) is 16.5. The fraction of sp³-hybridized carbons (Fsp3) is 0.412. The van der Waals surface area contributed by atoms with Crippen LogP contribution in [0.3, 0.4) is 0 Å². The molecule has 0 saturated heterocycles. The number of urea groups is 1. The van der Waals surface area contributed by atoms with Gasteiger partial charge in [-0.05, 0) is 31.0 Å². The minimum absolute atomic E-state index is 0.176. The number of ether oxygens (including phenoxy) is 2. The van der Waals surface area contributed by atoms with Crippen molar-refractivity contribution in [1.29, 1.82) is 0 Å². The van der Waals surface area contributed by atoms with Crippen molar-refractivity contribution < 1.29 is 14.3 Å². The number of amides is 2. The predicted molar refractivity (Wildman–Crippen MR) is 93.0 cm³/mol. The maximum Gasteiger partial charge on any atom is 0.321 e. The minimum atomic E-state index is -0.176. The first-order valence-electron chi connectivity index (χ1n) is 8.21. The van der Waals surface area contributed by atoms with Crippen LogP contribution in [0.4, 0.5) is 9.93 Å². The van der Waals surface area contributed by atoms with Crippen molar-refractivity contribution in [3.8, 4) is 22.8 Å². The Kier molecular flexibility index (Phi) is 4.25. The lowest BCUT2D eigenvalue weighted by molar-refractivity contribution is 0.171. The smallest absolute Gasteiger partial charge is 0.321 e. The maximum atomic E-state index is 12.0. The van der Waals surface area contributed by atoms with E-state index < -0.39 is 0 Å². The highest BCUT2D eigenvalue weighted by molar-refractivity contribution is 7.14. The summed E-state index contributed by atoms with van der Waals surface area (Å²) in [5.41, 5.74) is 1.76.